The van der Waals surface area contributed by atoms with Gasteiger partial charge in [0.25, 0.3) is 5.91 Å². The molecule has 3 N–H and O–H groups in total. The SMILES string of the molecule is O=C(Nc1ccc(NC(=S)Nc2cc(Cl)cc(Cl)c2)cn1)c1csnn1. The molecule has 0 saturated heterocycles. The molecule has 26 heavy (non-hydrogen) atoms. The molecule has 7 nitrogen and oxygen atoms in total. The molecule has 11 heteroatoms. The van der Waals surface area contributed by atoms with E-state index in [1.807, 2.05) is 0 Å². The van der Waals surface area contributed by atoms with Crippen LogP contribution < -0.4 is 16.0 Å². The van der Waals surface area contributed by atoms with Gasteiger partial charge in [0.2, 0.25) is 0 Å². The highest BCUT2D eigenvalue weighted by molar-refractivity contribution is 7.80. The fourth-order valence-corrected chi connectivity index (χ4v) is 3.10. The minimum Gasteiger partial charge on any atom is -0.332 e. The standard InChI is InChI=1S/C15H10Cl2N6OS2/c16-8-3-9(17)5-11(4-8)20-15(25)19-10-1-2-13(18-6-10)21-14(24)12-7-26-23-22-12/h1-7H,(H,18,21,24)(H2,19,20,25). The zero-order valence-electron chi connectivity index (χ0n) is 12.9. The van der Waals surface area contributed by atoms with Gasteiger partial charge in [0.1, 0.15) is 5.82 Å². The van der Waals surface area contributed by atoms with Crippen molar-refractivity contribution in [2.75, 3.05) is 16.0 Å². The zero-order valence-corrected chi connectivity index (χ0v) is 16.0. The van der Waals surface area contributed by atoms with E-state index in [4.69, 9.17) is 35.4 Å². The van der Waals surface area contributed by atoms with E-state index in [0.717, 1.165) is 11.5 Å². The number of hydrogen-bond acceptors (Lipinski definition) is 6. The smallest absolute Gasteiger partial charge is 0.278 e. The number of nitrogens with one attached hydrogen (secondary N) is 3. The molecule has 0 aliphatic carbocycles. The lowest BCUT2D eigenvalue weighted by Crippen LogP contribution is -2.19. The van der Waals surface area contributed by atoms with Crippen molar-refractivity contribution in [1.82, 2.24) is 14.6 Å². The monoisotopic (exact) mass is 424 g/mol. The van der Waals surface area contributed by atoms with Gasteiger partial charge in [-0.25, -0.2) is 4.98 Å². The van der Waals surface area contributed by atoms with Crippen LogP contribution in [0.4, 0.5) is 17.2 Å². The van der Waals surface area contributed by atoms with Crippen molar-refractivity contribution < 1.29 is 4.79 Å². The molecule has 0 bridgehead atoms. The lowest BCUT2D eigenvalue weighted by Gasteiger charge is -2.11. The van der Waals surface area contributed by atoms with E-state index in [1.165, 1.54) is 6.20 Å². The minimum absolute atomic E-state index is 0.240. The lowest BCUT2D eigenvalue weighted by atomic mass is 10.3. The Morgan fingerprint density at radius 3 is 2.38 bits per heavy atom. The van der Waals surface area contributed by atoms with Crippen LogP contribution in [0.15, 0.2) is 41.9 Å². The van der Waals surface area contributed by atoms with Crippen molar-refractivity contribution in [1.29, 1.82) is 0 Å². The summed E-state index contributed by atoms with van der Waals surface area (Å²) < 4.78 is 3.64. The van der Waals surface area contributed by atoms with Gasteiger partial charge in [-0.2, -0.15) is 0 Å². The minimum atomic E-state index is -0.373. The van der Waals surface area contributed by atoms with Crippen LogP contribution in [0.25, 0.3) is 0 Å². The first-order chi connectivity index (χ1) is 12.5. The van der Waals surface area contributed by atoms with Crippen molar-refractivity contribution in [2.45, 2.75) is 0 Å². The van der Waals surface area contributed by atoms with Crippen LogP contribution in [-0.2, 0) is 0 Å². The van der Waals surface area contributed by atoms with Crippen LogP contribution in [0.5, 0.6) is 0 Å². The average Bonchev–Trinajstić information content (AvgIpc) is 3.10. The maximum Gasteiger partial charge on any atom is 0.278 e. The Morgan fingerprint density at radius 2 is 1.77 bits per heavy atom. The van der Waals surface area contributed by atoms with E-state index in [1.54, 1.807) is 35.7 Å². The van der Waals surface area contributed by atoms with Crippen molar-refractivity contribution in [2.24, 2.45) is 0 Å². The number of nitrogens with zero attached hydrogens (tertiary/aromatic N) is 3. The summed E-state index contributed by atoms with van der Waals surface area (Å²) >= 11 is 18.2. The fraction of sp³-hybridized carbons (Fsp3) is 0. The number of carbonyl (C=O) groups is 1. The number of anilines is 3. The van der Waals surface area contributed by atoms with E-state index < -0.39 is 0 Å². The predicted molar refractivity (Wildman–Crippen MR) is 108 cm³/mol. The lowest BCUT2D eigenvalue weighted by molar-refractivity contribution is 0.102. The van der Waals surface area contributed by atoms with Gasteiger partial charge in [0, 0.05) is 21.1 Å². The van der Waals surface area contributed by atoms with Crippen LogP contribution in [0.3, 0.4) is 0 Å². The molecule has 0 radical (unpaired) electrons. The Balaban J connectivity index is 1.58. The topological polar surface area (TPSA) is 91.8 Å². The highest BCUT2D eigenvalue weighted by Gasteiger charge is 2.09. The van der Waals surface area contributed by atoms with E-state index in [0.29, 0.717) is 32.4 Å². The van der Waals surface area contributed by atoms with Crippen molar-refractivity contribution >= 4 is 75.2 Å². The summed E-state index contributed by atoms with van der Waals surface area (Å²) in [6.07, 6.45) is 1.54. The van der Waals surface area contributed by atoms with Gasteiger partial charge in [-0.3, -0.25) is 4.79 Å². The number of carbonyl (C=O) groups excluding carboxylic acids is 1. The summed E-state index contributed by atoms with van der Waals surface area (Å²) in [6.45, 7) is 0. The molecular formula is C15H10Cl2N6OS2. The number of benzene rings is 1. The van der Waals surface area contributed by atoms with E-state index in [-0.39, 0.29) is 11.6 Å². The molecule has 0 unspecified atom stereocenters. The second kappa shape index (κ2) is 8.37. The van der Waals surface area contributed by atoms with Crippen LogP contribution in [0.2, 0.25) is 10.0 Å². The number of thiocarbonyl (C=S) groups is 1. The van der Waals surface area contributed by atoms with Gasteiger partial charge in [-0.15, -0.1) is 5.10 Å². The molecule has 132 valence electrons. The summed E-state index contributed by atoms with van der Waals surface area (Å²) in [7, 11) is 0. The van der Waals surface area contributed by atoms with Gasteiger partial charge < -0.3 is 16.0 Å². The molecule has 2 aromatic heterocycles. The first-order valence-corrected chi connectivity index (χ1v) is 9.08. The summed E-state index contributed by atoms with van der Waals surface area (Å²) in [5, 5.41) is 15.2. The highest BCUT2D eigenvalue weighted by Crippen LogP contribution is 2.22. The highest BCUT2D eigenvalue weighted by atomic mass is 35.5. The molecule has 0 atom stereocenters. The van der Waals surface area contributed by atoms with E-state index >= 15 is 0 Å². The Labute approximate surface area is 167 Å². The first-order valence-electron chi connectivity index (χ1n) is 7.08. The maximum atomic E-state index is 11.9. The Bertz CT molecular complexity index is 914. The van der Waals surface area contributed by atoms with Crippen molar-refractivity contribution in [3.05, 3.63) is 57.6 Å². The van der Waals surface area contributed by atoms with Crippen LogP contribution in [0.1, 0.15) is 10.5 Å². The molecule has 1 amide bonds. The van der Waals surface area contributed by atoms with Gasteiger partial charge in [0.15, 0.2) is 10.8 Å². The third kappa shape index (κ3) is 5.09. The molecule has 0 saturated carbocycles. The summed E-state index contributed by atoms with van der Waals surface area (Å²) in [5.74, 6) is 0.0102. The normalized spacial score (nSPS) is 10.2. The van der Waals surface area contributed by atoms with Crippen molar-refractivity contribution in [3.8, 4) is 0 Å². The number of amides is 1. The number of halogens is 2. The molecule has 0 aliphatic heterocycles. The first kappa shape index (κ1) is 18.5. The van der Waals surface area contributed by atoms with Gasteiger partial charge in [-0.05, 0) is 54.1 Å². The molecule has 2 heterocycles. The number of pyridine rings is 1. The number of hydrogen-bond donors (Lipinski definition) is 3. The van der Waals surface area contributed by atoms with Crippen molar-refractivity contribution in [3.63, 3.8) is 0 Å². The summed E-state index contributed by atoms with van der Waals surface area (Å²) in [4.78, 5) is 16.0. The molecular weight excluding hydrogens is 415 g/mol. The number of rotatable bonds is 4. The molecule has 0 fully saturated rings. The predicted octanol–water partition coefficient (Wildman–Crippen LogP) is 4.30. The quantitative estimate of drug-likeness (QED) is 0.537. The fourth-order valence-electron chi connectivity index (χ4n) is 1.91. The average molecular weight is 425 g/mol. The maximum absolute atomic E-state index is 11.9. The number of aromatic nitrogens is 3. The second-order valence-electron chi connectivity index (χ2n) is 4.91. The molecule has 1 aromatic carbocycles. The second-order valence-corrected chi connectivity index (χ2v) is 6.80. The molecule has 0 aliphatic rings. The van der Waals surface area contributed by atoms with Gasteiger partial charge in [-0.1, -0.05) is 27.7 Å². The molecule has 3 rings (SSSR count). The van der Waals surface area contributed by atoms with E-state index in [9.17, 15) is 4.79 Å². The zero-order chi connectivity index (χ0) is 18.5. The van der Waals surface area contributed by atoms with Crippen LogP contribution >= 0.6 is 47.0 Å². The Hall–Kier alpha value is -2.33. The summed E-state index contributed by atoms with van der Waals surface area (Å²) in [5.41, 5.74) is 1.54. The molecule has 3 aromatic rings. The molecule has 0 spiro atoms. The van der Waals surface area contributed by atoms with E-state index in [2.05, 4.69) is 30.5 Å². The third-order valence-electron chi connectivity index (χ3n) is 2.98. The Morgan fingerprint density at radius 1 is 1.04 bits per heavy atom. The van der Waals surface area contributed by atoms with Crippen LogP contribution in [-0.4, -0.2) is 25.6 Å². The van der Waals surface area contributed by atoms with Gasteiger partial charge >= 0.3 is 0 Å². The van der Waals surface area contributed by atoms with Gasteiger partial charge in [0.05, 0.1) is 11.9 Å². The summed E-state index contributed by atoms with van der Waals surface area (Å²) in [6, 6.07) is 8.39. The largest absolute Gasteiger partial charge is 0.332 e. The Kier molecular flexibility index (Phi) is 5.94. The third-order valence-corrected chi connectivity index (χ3v) is 4.12. The van der Waals surface area contributed by atoms with Crippen LogP contribution in [0, 0.1) is 0 Å².